The molecule has 0 radical (unpaired) electrons. The van der Waals surface area contributed by atoms with Crippen molar-refractivity contribution in [2.75, 3.05) is 6.61 Å². The summed E-state index contributed by atoms with van der Waals surface area (Å²) in [4.78, 5) is 4.47. The molecule has 1 aromatic heterocycles. The van der Waals surface area contributed by atoms with Crippen LogP contribution < -0.4 is 0 Å². The Balaban J connectivity index is 1.84. The summed E-state index contributed by atoms with van der Waals surface area (Å²) in [6, 6.07) is 1.18. The minimum Gasteiger partial charge on any atom is -0.359 e. The Hall–Kier alpha value is -0.203. The van der Waals surface area contributed by atoms with E-state index in [0.29, 0.717) is 6.73 Å². The van der Waals surface area contributed by atoms with Crippen molar-refractivity contribution in [3.05, 3.63) is 10.6 Å². The monoisotopic (exact) mass is 331 g/mol. The smallest absolute Gasteiger partial charge is 0.197 e. The fourth-order valence-corrected chi connectivity index (χ4v) is 2.71. The first kappa shape index (κ1) is 14.2. The highest BCUT2D eigenvalue weighted by molar-refractivity contribution is 9.10. The van der Waals surface area contributed by atoms with Crippen molar-refractivity contribution in [1.29, 1.82) is 0 Å². The summed E-state index contributed by atoms with van der Waals surface area (Å²) in [6.45, 7) is 10.6. The fraction of sp³-hybridized carbons (Fsp3) is 0.833. The molecule has 1 saturated carbocycles. The zero-order valence-electron chi connectivity index (χ0n) is 11.7. The van der Waals surface area contributed by atoms with Crippen LogP contribution in [0.15, 0.2) is 4.73 Å². The number of rotatable bonds is 6. The first-order chi connectivity index (χ1) is 8.30. The molecule has 1 aromatic rings. The Bertz CT molecular complexity index is 423. The van der Waals surface area contributed by atoms with Gasteiger partial charge < -0.3 is 4.74 Å². The minimum atomic E-state index is -1.01. The molecule has 0 unspecified atom stereocenters. The predicted molar refractivity (Wildman–Crippen MR) is 78.4 cm³/mol. The van der Waals surface area contributed by atoms with Gasteiger partial charge in [-0.1, -0.05) is 26.6 Å². The van der Waals surface area contributed by atoms with Crippen LogP contribution in [0.4, 0.5) is 0 Å². The first-order valence-electron chi connectivity index (χ1n) is 6.49. The van der Waals surface area contributed by atoms with E-state index in [1.54, 1.807) is 0 Å². The molecule has 1 heterocycles. The van der Waals surface area contributed by atoms with Crippen LogP contribution >= 0.6 is 15.9 Å². The Labute approximate surface area is 118 Å². The molecule has 2 rings (SSSR count). The third-order valence-electron chi connectivity index (χ3n) is 3.38. The molecule has 1 aliphatic carbocycles. The molecule has 6 heteroatoms. The SMILES string of the molecule is CC1(c2nc(Br)n(COCC[Si](C)(C)C)n2)CC1. The van der Waals surface area contributed by atoms with Gasteiger partial charge in [0.2, 0.25) is 0 Å². The van der Waals surface area contributed by atoms with Crippen LogP contribution in [0, 0.1) is 0 Å². The summed E-state index contributed by atoms with van der Waals surface area (Å²) in [7, 11) is -1.01. The van der Waals surface area contributed by atoms with Gasteiger partial charge in [0.15, 0.2) is 10.6 Å². The van der Waals surface area contributed by atoms with Gasteiger partial charge in [-0.25, -0.2) is 9.67 Å². The molecule has 0 aromatic carbocycles. The van der Waals surface area contributed by atoms with Crippen molar-refractivity contribution < 1.29 is 4.74 Å². The van der Waals surface area contributed by atoms with Gasteiger partial charge in [-0.2, -0.15) is 5.10 Å². The van der Waals surface area contributed by atoms with Crippen molar-refractivity contribution in [1.82, 2.24) is 14.8 Å². The van der Waals surface area contributed by atoms with E-state index >= 15 is 0 Å². The standard InChI is InChI=1S/C12H22BrN3OSi/c1-12(5-6-12)10-14-11(13)16(15-10)9-17-7-8-18(2,3)4/h5-9H2,1-4H3. The lowest BCUT2D eigenvalue weighted by atomic mass is 10.1. The number of aromatic nitrogens is 3. The number of hydrogen-bond donors (Lipinski definition) is 0. The van der Waals surface area contributed by atoms with E-state index in [1.807, 2.05) is 4.68 Å². The van der Waals surface area contributed by atoms with Crippen LogP contribution in [0.25, 0.3) is 0 Å². The molecule has 1 aliphatic rings. The van der Waals surface area contributed by atoms with Gasteiger partial charge in [0.25, 0.3) is 0 Å². The van der Waals surface area contributed by atoms with Gasteiger partial charge in [-0.15, -0.1) is 0 Å². The molecular weight excluding hydrogens is 310 g/mol. The molecule has 4 nitrogen and oxygen atoms in total. The molecule has 0 atom stereocenters. The first-order valence-corrected chi connectivity index (χ1v) is 11.0. The lowest BCUT2D eigenvalue weighted by Gasteiger charge is -2.15. The van der Waals surface area contributed by atoms with E-state index in [2.05, 4.69) is 52.6 Å². The highest BCUT2D eigenvalue weighted by Gasteiger charge is 2.43. The summed E-state index contributed by atoms with van der Waals surface area (Å²) in [5.74, 6) is 0.947. The van der Waals surface area contributed by atoms with E-state index in [1.165, 1.54) is 18.9 Å². The second-order valence-electron chi connectivity index (χ2n) is 6.61. The number of hydrogen-bond acceptors (Lipinski definition) is 3. The molecule has 0 aliphatic heterocycles. The third-order valence-corrected chi connectivity index (χ3v) is 5.67. The maximum absolute atomic E-state index is 5.69. The average Bonchev–Trinajstić information content (AvgIpc) is 2.87. The highest BCUT2D eigenvalue weighted by atomic mass is 79.9. The van der Waals surface area contributed by atoms with E-state index in [-0.39, 0.29) is 5.41 Å². The number of ether oxygens (including phenoxy) is 1. The van der Waals surface area contributed by atoms with E-state index in [4.69, 9.17) is 4.74 Å². The second-order valence-corrected chi connectivity index (χ2v) is 12.9. The van der Waals surface area contributed by atoms with Crippen molar-refractivity contribution in [3.8, 4) is 0 Å². The predicted octanol–water partition coefficient (Wildman–Crippen LogP) is 3.40. The Morgan fingerprint density at radius 1 is 1.39 bits per heavy atom. The molecule has 0 spiro atoms. The minimum absolute atomic E-state index is 0.214. The summed E-state index contributed by atoms with van der Waals surface area (Å²) < 4.78 is 8.27. The van der Waals surface area contributed by atoms with Crippen LogP contribution in [-0.2, 0) is 16.9 Å². The van der Waals surface area contributed by atoms with Gasteiger partial charge in [0.05, 0.1) is 0 Å². The van der Waals surface area contributed by atoms with Gasteiger partial charge in [0, 0.05) is 20.1 Å². The Morgan fingerprint density at radius 2 is 2.06 bits per heavy atom. The van der Waals surface area contributed by atoms with Crippen LogP contribution in [-0.4, -0.2) is 29.4 Å². The Kier molecular flexibility index (Phi) is 3.99. The number of nitrogens with zero attached hydrogens (tertiary/aromatic N) is 3. The van der Waals surface area contributed by atoms with Gasteiger partial charge >= 0.3 is 0 Å². The largest absolute Gasteiger partial charge is 0.359 e. The van der Waals surface area contributed by atoms with Crippen molar-refractivity contribution in [3.63, 3.8) is 0 Å². The van der Waals surface area contributed by atoms with Crippen LogP contribution in [0.1, 0.15) is 25.6 Å². The topological polar surface area (TPSA) is 39.9 Å². The van der Waals surface area contributed by atoms with E-state index in [9.17, 15) is 0 Å². The molecule has 0 amide bonds. The lowest BCUT2D eigenvalue weighted by Crippen LogP contribution is -2.22. The molecule has 102 valence electrons. The Morgan fingerprint density at radius 3 is 2.61 bits per heavy atom. The zero-order chi connectivity index (χ0) is 13.4. The van der Waals surface area contributed by atoms with Crippen molar-refractivity contribution in [2.24, 2.45) is 0 Å². The maximum Gasteiger partial charge on any atom is 0.197 e. The molecule has 0 N–H and O–H groups in total. The summed E-state index contributed by atoms with van der Waals surface area (Å²) in [5, 5.41) is 4.52. The maximum atomic E-state index is 5.69. The second kappa shape index (κ2) is 5.05. The van der Waals surface area contributed by atoms with E-state index < -0.39 is 8.07 Å². The summed E-state index contributed by atoms with van der Waals surface area (Å²) in [5.41, 5.74) is 0.214. The molecule has 18 heavy (non-hydrogen) atoms. The molecule has 0 bridgehead atoms. The van der Waals surface area contributed by atoms with E-state index in [0.717, 1.165) is 17.2 Å². The molecule has 0 saturated heterocycles. The van der Waals surface area contributed by atoms with Gasteiger partial charge in [0.1, 0.15) is 6.73 Å². The number of halogens is 1. The third kappa shape index (κ3) is 3.65. The van der Waals surface area contributed by atoms with Crippen LogP contribution in [0.3, 0.4) is 0 Å². The van der Waals surface area contributed by atoms with Gasteiger partial charge in [-0.05, 0) is 34.8 Å². The highest BCUT2D eigenvalue weighted by Crippen LogP contribution is 2.46. The molecular formula is C12H22BrN3OSi. The zero-order valence-corrected chi connectivity index (χ0v) is 14.2. The summed E-state index contributed by atoms with van der Waals surface area (Å²) >= 11 is 3.45. The quantitative estimate of drug-likeness (QED) is 0.592. The van der Waals surface area contributed by atoms with Crippen LogP contribution in [0.5, 0.6) is 0 Å². The average molecular weight is 332 g/mol. The van der Waals surface area contributed by atoms with Gasteiger partial charge in [-0.3, -0.25) is 0 Å². The lowest BCUT2D eigenvalue weighted by molar-refractivity contribution is 0.0763. The van der Waals surface area contributed by atoms with Crippen LogP contribution in [0.2, 0.25) is 25.7 Å². The van der Waals surface area contributed by atoms with Crippen molar-refractivity contribution >= 4 is 24.0 Å². The molecule has 1 fully saturated rings. The normalized spacial score (nSPS) is 18.1. The van der Waals surface area contributed by atoms with Crippen molar-refractivity contribution in [2.45, 2.75) is 57.6 Å². The fourth-order valence-electron chi connectivity index (χ4n) is 1.60. The summed E-state index contributed by atoms with van der Waals surface area (Å²) in [6.07, 6.45) is 2.39.